The van der Waals surface area contributed by atoms with E-state index in [1.165, 1.54) is 5.56 Å². The maximum Gasteiger partial charge on any atom is 0.251 e. The highest BCUT2D eigenvalue weighted by Gasteiger charge is 2.26. The normalized spacial score (nSPS) is 19.0. The lowest BCUT2D eigenvalue weighted by atomic mass is 10.0. The number of likely N-dealkylation sites (N-methyl/N-ethyl adjacent to an activating group) is 1. The molecule has 5 heteroatoms. The number of carbonyl (C=O) groups excluding carboxylic acids is 1. The van der Waals surface area contributed by atoms with Gasteiger partial charge in [0.1, 0.15) is 0 Å². The summed E-state index contributed by atoms with van der Waals surface area (Å²) in [5, 5.41) is 12.9. The number of β-amino-alcohol motifs (C(OH)–C–C–N with tert-alkyl or cyclic N) is 1. The van der Waals surface area contributed by atoms with E-state index in [9.17, 15) is 9.90 Å². The minimum absolute atomic E-state index is 0.0285. The van der Waals surface area contributed by atoms with Crippen LogP contribution in [0.1, 0.15) is 48.7 Å². The standard InChI is InChI=1S/C24H33N3O2/c1-4-18(2)25-24(29)20-10-12-21(13-11-20)26(3)23(19-8-6-5-7-9-19)17-27-15-14-22(28)16-27/h5-13,18,22-23,28H,4,14-17H2,1-3H3,(H,25,29)/t18-,22?,23?/m1/s1. The zero-order valence-corrected chi connectivity index (χ0v) is 17.7. The van der Waals surface area contributed by atoms with Crippen LogP contribution in [-0.2, 0) is 0 Å². The van der Waals surface area contributed by atoms with Gasteiger partial charge in [0.15, 0.2) is 0 Å². The summed E-state index contributed by atoms with van der Waals surface area (Å²) in [7, 11) is 2.10. The van der Waals surface area contributed by atoms with Crippen molar-refractivity contribution >= 4 is 11.6 Å². The number of nitrogens with zero attached hydrogens (tertiary/aromatic N) is 2. The number of nitrogens with one attached hydrogen (secondary N) is 1. The lowest BCUT2D eigenvalue weighted by Crippen LogP contribution is -2.36. The van der Waals surface area contributed by atoms with Crippen molar-refractivity contribution in [3.8, 4) is 0 Å². The number of likely N-dealkylation sites (tertiary alicyclic amines) is 1. The van der Waals surface area contributed by atoms with Gasteiger partial charge in [-0.05, 0) is 49.6 Å². The first-order valence-electron chi connectivity index (χ1n) is 10.6. The van der Waals surface area contributed by atoms with E-state index in [-0.39, 0.29) is 24.1 Å². The van der Waals surface area contributed by atoms with Crippen LogP contribution in [0.25, 0.3) is 0 Å². The number of benzene rings is 2. The Morgan fingerprint density at radius 1 is 1.21 bits per heavy atom. The zero-order valence-electron chi connectivity index (χ0n) is 17.7. The number of rotatable bonds is 8. The molecule has 0 aromatic heterocycles. The van der Waals surface area contributed by atoms with Crippen LogP contribution >= 0.6 is 0 Å². The maximum absolute atomic E-state index is 12.4. The predicted octanol–water partition coefficient (Wildman–Crippen LogP) is 3.46. The average molecular weight is 396 g/mol. The molecule has 2 unspecified atom stereocenters. The van der Waals surface area contributed by atoms with E-state index in [1.807, 2.05) is 37.3 Å². The van der Waals surface area contributed by atoms with Crippen LogP contribution in [0, 0.1) is 0 Å². The maximum atomic E-state index is 12.4. The van der Waals surface area contributed by atoms with Gasteiger partial charge >= 0.3 is 0 Å². The first kappa shape index (κ1) is 21.3. The number of hydrogen-bond donors (Lipinski definition) is 2. The fraction of sp³-hybridized carbons (Fsp3) is 0.458. The number of amides is 1. The average Bonchev–Trinajstić information content (AvgIpc) is 3.17. The van der Waals surface area contributed by atoms with E-state index in [4.69, 9.17) is 0 Å². The number of hydrogen-bond acceptors (Lipinski definition) is 4. The molecular weight excluding hydrogens is 362 g/mol. The van der Waals surface area contributed by atoms with Crippen molar-refractivity contribution in [3.05, 3.63) is 65.7 Å². The van der Waals surface area contributed by atoms with E-state index in [0.717, 1.165) is 38.2 Å². The van der Waals surface area contributed by atoms with Crippen molar-refractivity contribution < 1.29 is 9.90 Å². The lowest BCUT2D eigenvalue weighted by Gasteiger charge is -2.33. The Labute approximate surface area is 174 Å². The number of aliphatic hydroxyl groups excluding tert-OH is 1. The number of carbonyl (C=O) groups is 1. The molecule has 1 fully saturated rings. The summed E-state index contributed by atoms with van der Waals surface area (Å²) in [5.74, 6) is -0.0285. The highest BCUT2D eigenvalue weighted by molar-refractivity contribution is 5.94. The molecule has 1 amide bonds. The summed E-state index contributed by atoms with van der Waals surface area (Å²) >= 11 is 0. The molecule has 0 bridgehead atoms. The van der Waals surface area contributed by atoms with Gasteiger partial charge in [-0.15, -0.1) is 0 Å². The van der Waals surface area contributed by atoms with Crippen LogP contribution < -0.4 is 10.2 Å². The molecule has 0 saturated carbocycles. The third kappa shape index (κ3) is 5.58. The zero-order chi connectivity index (χ0) is 20.8. The van der Waals surface area contributed by atoms with E-state index >= 15 is 0 Å². The van der Waals surface area contributed by atoms with Crippen molar-refractivity contribution in [1.29, 1.82) is 0 Å². The second-order valence-corrected chi connectivity index (χ2v) is 8.07. The minimum atomic E-state index is -0.222. The fourth-order valence-corrected chi connectivity index (χ4v) is 3.79. The first-order chi connectivity index (χ1) is 14.0. The lowest BCUT2D eigenvalue weighted by molar-refractivity contribution is 0.0939. The third-order valence-electron chi connectivity index (χ3n) is 5.86. The first-order valence-corrected chi connectivity index (χ1v) is 10.6. The monoisotopic (exact) mass is 395 g/mol. The highest BCUT2D eigenvalue weighted by atomic mass is 16.3. The molecule has 1 saturated heterocycles. The molecule has 29 heavy (non-hydrogen) atoms. The molecule has 156 valence electrons. The van der Waals surface area contributed by atoms with Gasteiger partial charge in [0.2, 0.25) is 0 Å². The van der Waals surface area contributed by atoms with Crippen LogP contribution in [0.3, 0.4) is 0 Å². The molecule has 2 N–H and O–H groups in total. The molecular formula is C24H33N3O2. The second-order valence-electron chi connectivity index (χ2n) is 8.07. The Kier molecular flexibility index (Phi) is 7.29. The smallest absolute Gasteiger partial charge is 0.251 e. The largest absolute Gasteiger partial charge is 0.392 e. The van der Waals surface area contributed by atoms with E-state index in [2.05, 4.69) is 53.4 Å². The van der Waals surface area contributed by atoms with E-state index in [1.54, 1.807) is 0 Å². The van der Waals surface area contributed by atoms with Crippen molar-refractivity contribution in [2.45, 2.75) is 44.9 Å². The number of aliphatic hydroxyl groups is 1. The van der Waals surface area contributed by atoms with Crippen molar-refractivity contribution in [1.82, 2.24) is 10.2 Å². The number of anilines is 1. The molecule has 0 aliphatic carbocycles. The summed E-state index contributed by atoms with van der Waals surface area (Å²) in [6, 6.07) is 18.6. The van der Waals surface area contributed by atoms with Crippen LogP contribution in [0.4, 0.5) is 5.69 Å². The Hall–Kier alpha value is -2.37. The second kappa shape index (κ2) is 9.90. The third-order valence-corrected chi connectivity index (χ3v) is 5.86. The molecule has 3 rings (SSSR count). The van der Waals surface area contributed by atoms with Gasteiger partial charge in [-0.3, -0.25) is 9.69 Å². The van der Waals surface area contributed by atoms with Crippen molar-refractivity contribution in [2.24, 2.45) is 0 Å². The van der Waals surface area contributed by atoms with Crippen molar-refractivity contribution in [3.63, 3.8) is 0 Å². The highest BCUT2D eigenvalue weighted by Crippen LogP contribution is 2.28. The Morgan fingerprint density at radius 2 is 1.90 bits per heavy atom. The summed E-state index contributed by atoms with van der Waals surface area (Å²) in [6.45, 7) is 6.58. The molecule has 2 aromatic rings. The summed E-state index contributed by atoms with van der Waals surface area (Å²) < 4.78 is 0. The predicted molar refractivity (Wildman–Crippen MR) is 118 cm³/mol. The van der Waals surface area contributed by atoms with Crippen LogP contribution in [0.15, 0.2) is 54.6 Å². The van der Waals surface area contributed by atoms with Gasteiger partial charge in [0.25, 0.3) is 5.91 Å². The molecule has 1 heterocycles. The van der Waals surface area contributed by atoms with Gasteiger partial charge in [-0.25, -0.2) is 0 Å². The Balaban J connectivity index is 1.76. The minimum Gasteiger partial charge on any atom is -0.392 e. The molecule has 2 aromatic carbocycles. The van der Waals surface area contributed by atoms with Gasteiger partial charge < -0.3 is 15.3 Å². The van der Waals surface area contributed by atoms with Gasteiger partial charge in [0.05, 0.1) is 12.1 Å². The topological polar surface area (TPSA) is 55.8 Å². The van der Waals surface area contributed by atoms with Crippen LogP contribution in [0.5, 0.6) is 0 Å². The molecule has 1 aliphatic heterocycles. The molecule has 1 aliphatic rings. The van der Waals surface area contributed by atoms with Crippen LogP contribution in [-0.4, -0.2) is 54.7 Å². The van der Waals surface area contributed by atoms with Gasteiger partial charge in [-0.1, -0.05) is 37.3 Å². The Bertz CT molecular complexity index is 778. The van der Waals surface area contributed by atoms with Crippen LogP contribution in [0.2, 0.25) is 0 Å². The van der Waals surface area contributed by atoms with Crippen molar-refractivity contribution in [2.75, 3.05) is 31.6 Å². The summed E-state index contributed by atoms with van der Waals surface area (Å²) in [6.07, 6.45) is 1.53. The molecule has 0 radical (unpaired) electrons. The van der Waals surface area contributed by atoms with Gasteiger partial charge in [-0.2, -0.15) is 0 Å². The van der Waals surface area contributed by atoms with E-state index < -0.39 is 0 Å². The summed E-state index contributed by atoms with van der Waals surface area (Å²) in [4.78, 5) is 16.9. The molecule has 0 spiro atoms. The summed E-state index contributed by atoms with van der Waals surface area (Å²) in [5.41, 5.74) is 3.00. The molecule has 5 nitrogen and oxygen atoms in total. The molecule has 3 atom stereocenters. The van der Waals surface area contributed by atoms with E-state index in [0.29, 0.717) is 5.56 Å². The van der Waals surface area contributed by atoms with Gasteiger partial charge in [0, 0.05) is 44.0 Å². The fourth-order valence-electron chi connectivity index (χ4n) is 3.79. The Morgan fingerprint density at radius 3 is 2.48 bits per heavy atom. The SMILES string of the molecule is CC[C@@H](C)NC(=O)c1ccc(N(C)C(CN2CCC(O)C2)c2ccccc2)cc1. The quantitative estimate of drug-likeness (QED) is 0.719.